The van der Waals surface area contributed by atoms with Gasteiger partial charge in [0, 0.05) is 0 Å². The highest BCUT2D eigenvalue weighted by Gasteiger charge is 1.83. The third-order valence-electron chi connectivity index (χ3n) is 0.383. The normalized spacial score (nSPS) is 9.33. The smallest absolute Gasteiger partial charge is 0.348 e. The Hall–Kier alpha value is -1.52. The van der Waals surface area contributed by atoms with Crippen LogP contribution in [0.25, 0.3) is 0 Å². The number of nitrogens with zero attached hydrogens (tertiary/aromatic N) is 1. The second kappa shape index (κ2) is 3.48. The molecule has 0 saturated carbocycles. The molecule has 0 heterocycles. The summed E-state index contributed by atoms with van der Waals surface area (Å²) in [6.07, 6.45) is 0.679. The van der Waals surface area contributed by atoms with E-state index < -0.39 is 5.97 Å². The van der Waals surface area contributed by atoms with Crippen molar-refractivity contribution in [2.24, 2.45) is 10.8 Å². The van der Waals surface area contributed by atoms with Crippen LogP contribution in [-0.4, -0.2) is 17.3 Å². The molecule has 0 amide bonds. The molecule has 5 heteroatoms. The van der Waals surface area contributed by atoms with Gasteiger partial charge in [-0.15, -0.1) is 0 Å². The van der Waals surface area contributed by atoms with Gasteiger partial charge in [-0.3, -0.25) is 5.43 Å². The predicted octanol–water partition coefficient (Wildman–Crippen LogP) is -0.924. The summed E-state index contributed by atoms with van der Waals surface area (Å²) in [4.78, 5) is 9.72. The van der Waals surface area contributed by atoms with Crippen LogP contribution in [0.1, 0.15) is 0 Å². The zero-order chi connectivity index (χ0) is 7.28. The first kappa shape index (κ1) is 7.48. The molecule has 0 aliphatic rings. The SMILES string of the molecule is C=C(N)N/N=C/C(=O)O. The second-order valence-electron chi connectivity index (χ2n) is 1.23. The Morgan fingerprint density at radius 2 is 2.44 bits per heavy atom. The van der Waals surface area contributed by atoms with Crippen molar-refractivity contribution in [1.29, 1.82) is 0 Å². The molecule has 0 aromatic carbocycles. The lowest BCUT2D eigenvalue weighted by Gasteiger charge is -1.91. The van der Waals surface area contributed by atoms with Gasteiger partial charge < -0.3 is 10.8 Å². The van der Waals surface area contributed by atoms with Gasteiger partial charge in [0.1, 0.15) is 12.0 Å². The Morgan fingerprint density at radius 3 is 2.78 bits per heavy atom. The summed E-state index contributed by atoms with van der Waals surface area (Å²) < 4.78 is 0. The number of hydrogen-bond acceptors (Lipinski definition) is 4. The number of carboxylic acids is 1. The van der Waals surface area contributed by atoms with E-state index in [1.54, 1.807) is 0 Å². The molecule has 0 radical (unpaired) electrons. The summed E-state index contributed by atoms with van der Waals surface area (Å²) in [5, 5.41) is 11.1. The predicted molar refractivity (Wildman–Crippen MR) is 32.6 cm³/mol. The van der Waals surface area contributed by atoms with E-state index in [1.165, 1.54) is 0 Å². The molecule has 0 aliphatic carbocycles. The summed E-state index contributed by atoms with van der Waals surface area (Å²) in [7, 11) is 0. The molecule has 0 aliphatic heterocycles. The van der Waals surface area contributed by atoms with Crippen molar-refractivity contribution in [2.45, 2.75) is 0 Å². The lowest BCUT2D eigenvalue weighted by atomic mass is 10.8. The van der Waals surface area contributed by atoms with Crippen molar-refractivity contribution in [1.82, 2.24) is 5.43 Å². The van der Waals surface area contributed by atoms with Crippen LogP contribution in [0.15, 0.2) is 17.5 Å². The lowest BCUT2D eigenvalue weighted by molar-refractivity contribution is -0.128. The van der Waals surface area contributed by atoms with E-state index in [0.717, 1.165) is 0 Å². The molecule has 0 aromatic rings. The molecule has 0 aromatic heterocycles. The highest BCUT2D eigenvalue weighted by atomic mass is 16.4. The maximum Gasteiger partial charge on any atom is 0.348 e. The van der Waals surface area contributed by atoms with Crippen molar-refractivity contribution in [2.75, 3.05) is 0 Å². The van der Waals surface area contributed by atoms with E-state index in [9.17, 15) is 4.79 Å². The van der Waals surface area contributed by atoms with Crippen LogP contribution in [0.3, 0.4) is 0 Å². The summed E-state index contributed by atoms with van der Waals surface area (Å²) in [5.74, 6) is -1.03. The van der Waals surface area contributed by atoms with Crippen LogP contribution in [0.2, 0.25) is 0 Å². The number of carboxylic acid groups (broad SMARTS) is 1. The molecule has 9 heavy (non-hydrogen) atoms. The minimum atomic E-state index is -1.14. The molecule has 0 saturated heterocycles. The van der Waals surface area contributed by atoms with Crippen LogP contribution in [0, 0.1) is 0 Å². The summed E-state index contributed by atoms with van der Waals surface area (Å²) >= 11 is 0. The molecule has 4 N–H and O–H groups in total. The third kappa shape index (κ3) is 6.48. The molecular formula is C4H7N3O2. The number of carbonyl (C=O) groups is 1. The largest absolute Gasteiger partial charge is 0.477 e. The molecule has 0 atom stereocenters. The Balaban J connectivity index is 3.48. The molecule has 0 spiro atoms. The van der Waals surface area contributed by atoms with Crippen molar-refractivity contribution in [3.63, 3.8) is 0 Å². The van der Waals surface area contributed by atoms with Gasteiger partial charge in [-0.05, 0) is 0 Å². The topological polar surface area (TPSA) is 87.7 Å². The first-order valence-electron chi connectivity index (χ1n) is 2.09. The average molecular weight is 129 g/mol. The van der Waals surface area contributed by atoms with Crippen LogP contribution < -0.4 is 11.2 Å². The average Bonchev–Trinajstić information content (AvgIpc) is 1.63. The van der Waals surface area contributed by atoms with E-state index in [1.807, 2.05) is 0 Å². The van der Waals surface area contributed by atoms with Gasteiger partial charge in [-0.25, -0.2) is 4.79 Å². The summed E-state index contributed by atoms with van der Waals surface area (Å²) in [6, 6.07) is 0. The van der Waals surface area contributed by atoms with E-state index in [2.05, 4.69) is 17.1 Å². The first-order valence-corrected chi connectivity index (χ1v) is 2.09. The van der Waals surface area contributed by atoms with Gasteiger partial charge in [-0.1, -0.05) is 6.58 Å². The number of nitrogens with two attached hydrogens (primary N) is 1. The molecule has 0 rings (SSSR count). The molecule has 5 nitrogen and oxygen atoms in total. The Kier molecular flexibility index (Phi) is 2.89. The van der Waals surface area contributed by atoms with Gasteiger partial charge in [0.15, 0.2) is 0 Å². The second-order valence-corrected chi connectivity index (χ2v) is 1.23. The maximum atomic E-state index is 9.72. The van der Waals surface area contributed by atoms with Gasteiger partial charge in [-0.2, -0.15) is 5.10 Å². The number of rotatable bonds is 3. The van der Waals surface area contributed by atoms with Crippen LogP contribution in [0.5, 0.6) is 0 Å². The first-order chi connectivity index (χ1) is 4.13. The highest BCUT2D eigenvalue weighted by molar-refractivity contribution is 6.21. The van der Waals surface area contributed by atoms with E-state index in [-0.39, 0.29) is 5.82 Å². The minimum Gasteiger partial charge on any atom is -0.477 e. The van der Waals surface area contributed by atoms with E-state index >= 15 is 0 Å². The molecule has 0 bridgehead atoms. The lowest BCUT2D eigenvalue weighted by Crippen LogP contribution is -2.13. The van der Waals surface area contributed by atoms with E-state index in [0.29, 0.717) is 6.21 Å². The molecule has 0 unspecified atom stereocenters. The van der Waals surface area contributed by atoms with Gasteiger partial charge in [0.25, 0.3) is 0 Å². The summed E-state index contributed by atoms with van der Waals surface area (Å²) in [6.45, 7) is 3.21. The van der Waals surface area contributed by atoms with Gasteiger partial charge in [0.2, 0.25) is 0 Å². The van der Waals surface area contributed by atoms with Gasteiger partial charge in [0.05, 0.1) is 0 Å². The monoisotopic (exact) mass is 129 g/mol. The van der Waals surface area contributed by atoms with Crippen molar-refractivity contribution >= 4 is 12.2 Å². The van der Waals surface area contributed by atoms with Crippen molar-refractivity contribution in [3.05, 3.63) is 12.4 Å². The number of aliphatic carboxylic acids is 1. The van der Waals surface area contributed by atoms with Crippen LogP contribution >= 0.6 is 0 Å². The molecule has 0 fully saturated rings. The molecular weight excluding hydrogens is 122 g/mol. The third-order valence-corrected chi connectivity index (χ3v) is 0.383. The standard InChI is InChI=1S/C4H7N3O2/c1-3(5)7-6-2-4(8)9/h2,7H,1,5H2,(H,8,9)/b6-2+. The summed E-state index contributed by atoms with van der Waals surface area (Å²) in [5.41, 5.74) is 7.12. The fourth-order valence-electron chi connectivity index (χ4n) is 0.170. The maximum absolute atomic E-state index is 9.72. The zero-order valence-corrected chi connectivity index (χ0v) is 4.66. The van der Waals surface area contributed by atoms with Crippen molar-refractivity contribution < 1.29 is 9.90 Å². The fourth-order valence-corrected chi connectivity index (χ4v) is 0.170. The van der Waals surface area contributed by atoms with Gasteiger partial charge >= 0.3 is 5.97 Å². The Labute approximate surface area is 51.9 Å². The van der Waals surface area contributed by atoms with Crippen LogP contribution in [0.4, 0.5) is 0 Å². The van der Waals surface area contributed by atoms with Crippen LogP contribution in [-0.2, 0) is 4.79 Å². The number of hydrogen-bond donors (Lipinski definition) is 3. The van der Waals surface area contributed by atoms with E-state index in [4.69, 9.17) is 10.8 Å². The molecule has 50 valence electrons. The Morgan fingerprint density at radius 1 is 1.89 bits per heavy atom. The highest BCUT2D eigenvalue weighted by Crippen LogP contribution is 1.64. The zero-order valence-electron chi connectivity index (χ0n) is 4.66. The number of hydrazone groups is 1. The minimum absolute atomic E-state index is 0.104. The quantitative estimate of drug-likeness (QED) is 0.339. The Bertz CT molecular complexity index is 152. The van der Waals surface area contributed by atoms with Crippen molar-refractivity contribution in [3.8, 4) is 0 Å². The fraction of sp³-hybridized carbons (Fsp3) is 0. The number of nitrogens with one attached hydrogen (secondary N) is 1.